The molecule has 35 heavy (non-hydrogen) atoms. The van der Waals surface area contributed by atoms with Gasteiger partial charge in [0.1, 0.15) is 18.1 Å². The van der Waals surface area contributed by atoms with Crippen molar-refractivity contribution in [3.8, 4) is 17.0 Å². The van der Waals surface area contributed by atoms with Gasteiger partial charge in [-0.05, 0) is 42.8 Å². The van der Waals surface area contributed by atoms with Gasteiger partial charge in [0.05, 0.1) is 10.7 Å². The zero-order valence-electron chi connectivity index (χ0n) is 19.4. The van der Waals surface area contributed by atoms with E-state index in [0.29, 0.717) is 44.0 Å². The van der Waals surface area contributed by atoms with E-state index in [0.717, 1.165) is 27.6 Å². The molecule has 1 N–H and O–H groups in total. The van der Waals surface area contributed by atoms with Crippen LogP contribution in [0, 0.1) is 6.92 Å². The fourth-order valence-electron chi connectivity index (χ4n) is 4.06. The minimum atomic E-state index is -0.0600. The van der Waals surface area contributed by atoms with E-state index in [9.17, 15) is 9.59 Å². The maximum Gasteiger partial charge on any atom is 0.270 e. The van der Waals surface area contributed by atoms with Crippen LogP contribution in [0.2, 0.25) is 0 Å². The minimum Gasteiger partial charge on any atom is -0.489 e. The number of benzene rings is 2. The molecule has 1 aliphatic heterocycles. The molecule has 0 unspecified atom stereocenters. The highest BCUT2D eigenvalue weighted by atomic mass is 32.1. The van der Waals surface area contributed by atoms with E-state index >= 15 is 0 Å². The Labute approximate surface area is 208 Å². The average molecular weight is 487 g/mol. The molecule has 2 amide bonds. The highest BCUT2D eigenvalue weighted by Gasteiger charge is 2.26. The van der Waals surface area contributed by atoms with Gasteiger partial charge in [0.15, 0.2) is 0 Å². The third kappa shape index (κ3) is 5.27. The molecule has 3 heterocycles. The second-order valence-electron chi connectivity index (χ2n) is 8.44. The van der Waals surface area contributed by atoms with Gasteiger partial charge in [-0.2, -0.15) is 0 Å². The Bertz CT molecular complexity index is 1310. The number of aromatic amines is 1. The summed E-state index contributed by atoms with van der Waals surface area (Å²) in [5.41, 5.74) is 4.02. The number of nitrogens with zero attached hydrogens (tertiary/aromatic N) is 3. The van der Waals surface area contributed by atoms with Crippen molar-refractivity contribution in [1.29, 1.82) is 0 Å². The summed E-state index contributed by atoms with van der Waals surface area (Å²) in [6.07, 6.45) is 1.81. The highest BCUT2D eigenvalue weighted by molar-refractivity contribution is 7.09. The number of nitrogens with one attached hydrogen (secondary N) is 1. The molecule has 0 bridgehead atoms. The summed E-state index contributed by atoms with van der Waals surface area (Å²) < 4.78 is 5.81. The Morgan fingerprint density at radius 1 is 0.971 bits per heavy atom. The van der Waals surface area contributed by atoms with Gasteiger partial charge in [-0.1, -0.05) is 30.3 Å². The number of H-pyrrole nitrogens is 1. The van der Waals surface area contributed by atoms with Gasteiger partial charge in [0.2, 0.25) is 0 Å². The lowest BCUT2D eigenvalue weighted by Crippen LogP contribution is -2.50. The third-order valence-corrected chi connectivity index (χ3v) is 6.81. The molecular formula is C27H26N4O3S. The molecule has 1 fully saturated rings. The van der Waals surface area contributed by atoms with Crippen molar-refractivity contribution >= 4 is 23.2 Å². The average Bonchev–Trinajstić information content (AvgIpc) is 3.57. The van der Waals surface area contributed by atoms with E-state index < -0.39 is 0 Å². The predicted octanol–water partition coefficient (Wildman–Crippen LogP) is 4.62. The Morgan fingerprint density at radius 3 is 2.31 bits per heavy atom. The maximum absolute atomic E-state index is 13.0. The summed E-state index contributed by atoms with van der Waals surface area (Å²) in [6.45, 7) is 4.42. The lowest BCUT2D eigenvalue weighted by atomic mass is 10.1. The van der Waals surface area contributed by atoms with Crippen LogP contribution in [0.5, 0.6) is 5.75 Å². The quantitative estimate of drug-likeness (QED) is 0.431. The van der Waals surface area contributed by atoms with Crippen molar-refractivity contribution in [3.05, 3.63) is 94.1 Å². The molecule has 0 spiro atoms. The second-order valence-corrected chi connectivity index (χ2v) is 9.50. The molecule has 0 radical (unpaired) electrons. The molecule has 178 valence electrons. The van der Waals surface area contributed by atoms with Crippen molar-refractivity contribution in [2.75, 3.05) is 26.2 Å². The van der Waals surface area contributed by atoms with Gasteiger partial charge in [-0.3, -0.25) is 9.59 Å². The lowest BCUT2D eigenvalue weighted by Gasteiger charge is -2.34. The SMILES string of the molecule is Cc1nc(-c2c[nH]c(C(=O)N3CCN(C(=O)c4ccc(OCc5ccccc5)cc4)CC3)c2)cs1. The summed E-state index contributed by atoms with van der Waals surface area (Å²) in [5, 5.41) is 2.98. The van der Waals surface area contributed by atoms with Crippen LogP contribution < -0.4 is 4.74 Å². The maximum atomic E-state index is 13.0. The molecule has 0 saturated carbocycles. The molecular weight excluding hydrogens is 460 g/mol. The van der Waals surface area contributed by atoms with Crippen LogP contribution >= 0.6 is 11.3 Å². The summed E-state index contributed by atoms with van der Waals surface area (Å²) in [6, 6.07) is 19.0. The first kappa shape index (κ1) is 22.9. The van der Waals surface area contributed by atoms with Crippen LogP contribution in [0.1, 0.15) is 31.4 Å². The molecule has 0 atom stereocenters. The molecule has 1 saturated heterocycles. The Morgan fingerprint density at radius 2 is 1.66 bits per heavy atom. The standard InChI is InChI=1S/C27H26N4O3S/c1-19-29-25(18-35-19)22-15-24(28-16-22)27(33)31-13-11-30(12-14-31)26(32)21-7-9-23(10-8-21)34-17-20-5-3-2-4-6-20/h2-10,15-16,18,28H,11-14,17H2,1H3. The molecule has 5 rings (SSSR count). The number of rotatable bonds is 6. The summed E-state index contributed by atoms with van der Waals surface area (Å²) >= 11 is 1.58. The third-order valence-electron chi connectivity index (χ3n) is 6.03. The summed E-state index contributed by atoms with van der Waals surface area (Å²) in [5.74, 6) is 0.627. The van der Waals surface area contributed by atoms with E-state index in [4.69, 9.17) is 4.74 Å². The number of aryl methyl sites for hydroxylation is 1. The smallest absolute Gasteiger partial charge is 0.270 e. The lowest BCUT2D eigenvalue weighted by molar-refractivity contribution is 0.0532. The number of carbonyl (C=O) groups excluding carboxylic acids is 2. The molecule has 0 aliphatic carbocycles. The summed E-state index contributed by atoms with van der Waals surface area (Å²) in [4.78, 5) is 37.1. The van der Waals surface area contributed by atoms with E-state index in [1.165, 1.54) is 0 Å². The van der Waals surface area contributed by atoms with Crippen molar-refractivity contribution < 1.29 is 14.3 Å². The van der Waals surface area contributed by atoms with E-state index in [1.54, 1.807) is 33.3 Å². The van der Waals surface area contributed by atoms with Crippen molar-refractivity contribution in [2.24, 2.45) is 0 Å². The number of piperazine rings is 1. The number of ether oxygens (including phenoxy) is 1. The topological polar surface area (TPSA) is 78.5 Å². The van der Waals surface area contributed by atoms with Crippen molar-refractivity contribution in [1.82, 2.24) is 19.8 Å². The first-order chi connectivity index (χ1) is 17.1. The Balaban J connectivity index is 1.14. The van der Waals surface area contributed by atoms with Crippen LogP contribution in [0.4, 0.5) is 0 Å². The number of hydrogen-bond donors (Lipinski definition) is 1. The Kier molecular flexibility index (Phi) is 6.63. The van der Waals surface area contributed by atoms with Crippen LogP contribution in [-0.2, 0) is 6.61 Å². The van der Waals surface area contributed by atoms with Crippen LogP contribution in [-0.4, -0.2) is 57.8 Å². The highest BCUT2D eigenvalue weighted by Crippen LogP contribution is 2.23. The summed E-state index contributed by atoms with van der Waals surface area (Å²) in [7, 11) is 0. The monoisotopic (exact) mass is 486 g/mol. The normalized spacial score (nSPS) is 13.6. The van der Waals surface area contributed by atoms with Crippen LogP contribution in [0.3, 0.4) is 0 Å². The number of aromatic nitrogens is 2. The minimum absolute atomic E-state index is 0.0345. The molecule has 8 heteroatoms. The molecule has 7 nitrogen and oxygen atoms in total. The van der Waals surface area contributed by atoms with Gasteiger partial charge >= 0.3 is 0 Å². The van der Waals surface area contributed by atoms with Gasteiger partial charge in [-0.25, -0.2) is 4.98 Å². The van der Waals surface area contributed by atoms with Crippen LogP contribution in [0.15, 0.2) is 72.2 Å². The molecule has 2 aromatic carbocycles. The second kappa shape index (κ2) is 10.1. The first-order valence-corrected chi connectivity index (χ1v) is 12.4. The van der Waals surface area contributed by atoms with E-state index in [-0.39, 0.29) is 11.8 Å². The van der Waals surface area contributed by atoms with E-state index in [1.807, 2.05) is 67.0 Å². The van der Waals surface area contributed by atoms with Crippen LogP contribution in [0.25, 0.3) is 11.3 Å². The van der Waals surface area contributed by atoms with Gasteiger partial charge in [0.25, 0.3) is 11.8 Å². The number of amides is 2. The zero-order valence-corrected chi connectivity index (χ0v) is 20.3. The zero-order chi connectivity index (χ0) is 24.2. The molecule has 4 aromatic rings. The predicted molar refractivity (Wildman–Crippen MR) is 136 cm³/mol. The first-order valence-electron chi connectivity index (χ1n) is 11.5. The van der Waals surface area contributed by atoms with Crippen molar-refractivity contribution in [2.45, 2.75) is 13.5 Å². The number of carbonyl (C=O) groups is 2. The Hall–Kier alpha value is -3.91. The molecule has 2 aromatic heterocycles. The number of thiazole rings is 1. The van der Waals surface area contributed by atoms with Crippen molar-refractivity contribution in [3.63, 3.8) is 0 Å². The molecule has 1 aliphatic rings. The van der Waals surface area contributed by atoms with E-state index in [2.05, 4.69) is 9.97 Å². The number of hydrogen-bond acceptors (Lipinski definition) is 5. The van der Waals surface area contributed by atoms with Gasteiger partial charge < -0.3 is 19.5 Å². The largest absolute Gasteiger partial charge is 0.489 e. The fraction of sp³-hybridized carbons (Fsp3) is 0.222. The van der Waals surface area contributed by atoms with Gasteiger partial charge in [0, 0.05) is 48.9 Å². The van der Waals surface area contributed by atoms with Gasteiger partial charge in [-0.15, -0.1) is 11.3 Å². The fourth-order valence-corrected chi connectivity index (χ4v) is 4.68.